The van der Waals surface area contributed by atoms with Gasteiger partial charge in [0.1, 0.15) is 13.2 Å². The van der Waals surface area contributed by atoms with Crippen LogP contribution < -0.4 is 30.4 Å². The smallest absolute Gasteiger partial charge is 0.163 e. The molecule has 4 N–H and O–H groups in total. The highest BCUT2D eigenvalue weighted by Crippen LogP contribution is 2.30. The minimum atomic E-state index is -0.286. The van der Waals surface area contributed by atoms with E-state index in [9.17, 15) is 9.59 Å². The van der Waals surface area contributed by atoms with Crippen molar-refractivity contribution in [3.05, 3.63) is 59.7 Å². The van der Waals surface area contributed by atoms with Gasteiger partial charge in [-0.25, -0.2) is 0 Å². The Morgan fingerprint density at radius 3 is 1.32 bits per heavy atom. The predicted octanol–water partition coefficient (Wildman–Crippen LogP) is 8.10. The zero-order valence-electron chi connectivity index (χ0n) is 28.8. The van der Waals surface area contributed by atoms with Gasteiger partial charge in [-0.1, -0.05) is 102 Å². The lowest BCUT2D eigenvalue weighted by atomic mass is 10.1. The van der Waals surface area contributed by atoms with Crippen molar-refractivity contribution in [1.82, 2.24) is 0 Å². The van der Waals surface area contributed by atoms with Crippen molar-refractivity contribution in [3.63, 3.8) is 0 Å². The van der Waals surface area contributed by atoms with Crippen LogP contribution in [0.3, 0.4) is 0 Å². The third kappa shape index (κ3) is 17.8. The summed E-state index contributed by atoms with van der Waals surface area (Å²) in [5, 5.41) is 0. The van der Waals surface area contributed by atoms with Crippen molar-refractivity contribution in [2.45, 2.75) is 97.3 Å². The lowest BCUT2D eigenvalue weighted by Crippen LogP contribution is -2.11. The first-order valence-corrected chi connectivity index (χ1v) is 17.6. The maximum absolute atomic E-state index is 12.6. The van der Waals surface area contributed by atoms with Crippen LogP contribution in [0.4, 0.5) is 0 Å². The van der Waals surface area contributed by atoms with Gasteiger partial charge in [0.15, 0.2) is 34.6 Å². The molecule has 0 aliphatic rings. The number of nitrogens with two attached hydrogens (primary N) is 2. The molecule has 0 aliphatic carbocycles. The number of hydrogen-bond acceptors (Lipinski definition) is 8. The summed E-state index contributed by atoms with van der Waals surface area (Å²) in [5.74, 6) is 1.92. The van der Waals surface area contributed by atoms with Gasteiger partial charge in [-0.2, -0.15) is 0 Å². The summed E-state index contributed by atoms with van der Waals surface area (Å²) in [6.07, 6.45) is 20.1. The molecular weight excluding hydrogens is 592 g/mol. The Kier molecular flexibility index (Phi) is 21.4. The second kappa shape index (κ2) is 25.5. The molecule has 2 aromatic carbocycles. The topological polar surface area (TPSA) is 123 Å². The Morgan fingerprint density at radius 1 is 0.532 bits per heavy atom. The zero-order valence-corrected chi connectivity index (χ0v) is 28.8. The standard InChI is InChI=1S/C39H58N2O6/c1-3-5-7-9-11-13-25-44-38-29-32(17-21-36(38)46-27-23-40)15-19-34(42)31-35(43)20-16-33-18-22-37(47-28-24-41)39(30-33)45-26-14-12-10-8-6-4-2/h15-22,29-30H,3-14,23-28,31,40-41H2,1-2H3/b19-15+,20-16+. The normalized spacial score (nSPS) is 11.3. The zero-order chi connectivity index (χ0) is 34.0. The lowest BCUT2D eigenvalue weighted by molar-refractivity contribution is -0.121. The molecule has 0 atom stereocenters. The van der Waals surface area contributed by atoms with Crippen molar-refractivity contribution >= 4 is 23.7 Å². The summed E-state index contributed by atoms with van der Waals surface area (Å²) in [6.45, 7) is 7.18. The number of ether oxygens (including phenoxy) is 4. The van der Waals surface area contributed by atoms with Gasteiger partial charge in [0.25, 0.3) is 0 Å². The van der Waals surface area contributed by atoms with Gasteiger partial charge < -0.3 is 30.4 Å². The lowest BCUT2D eigenvalue weighted by Gasteiger charge is -2.13. The molecular formula is C39H58N2O6. The molecule has 2 aromatic rings. The molecule has 8 heteroatoms. The van der Waals surface area contributed by atoms with E-state index in [1.54, 1.807) is 12.2 Å². The van der Waals surface area contributed by atoms with Crippen molar-refractivity contribution in [3.8, 4) is 23.0 Å². The number of carbonyl (C=O) groups is 2. The molecule has 0 saturated heterocycles. The van der Waals surface area contributed by atoms with E-state index in [0.29, 0.717) is 62.5 Å². The molecule has 0 heterocycles. The van der Waals surface area contributed by atoms with E-state index in [-0.39, 0.29) is 18.0 Å². The third-order valence-electron chi connectivity index (χ3n) is 7.47. The number of unbranched alkanes of at least 4 members (excludes halogenated alkanes) is 10. The van der Waals surface area contributed by atoms with Crippen molar-refractivity contribution in [2.75, 3.05) is 39.5 Å². The van der Waals surface area contributed by atoms with E-state index >= 15 is 0 Å². The SMILES string of the molecule is CCCCCCCCOc1cc(/C=C/C(=O)CC(=O)/C=C/c2ccc(OCCN)c(OCCCCCCCC)c2)ccc1OCCN. The molecule has 0 saturated carbocycles. The van der Waals surface area contributed by atoms with Gasteiger partial charge >= 0.3 is 0 Å². The number of hydrogen-bond donors (Lipinski definition) is 2. The van der Waals surface area contributed by atoms with Crippen molar-refractivity contribution < 1.29 is 28.5 Å². The highest BCUT2D eigenvalue weighted by Gasteiger charge is 2.09. The Hall–Kier alpha value is -3.62. The first-order valence-electron chi connectivity index (χ1n) is 17.6. The van der Waals surface area contributed by atoms with Gasteiger partial charge in [0.2, 0.25) is 0 Å². The Balaban J connectivity index is 1.94. The average molecular weight is 651 g/mol. The van der Waals surface area contributed by atoms with Crippen molar-refractivity contribution in [2.24, 2.45) is 11.5 Å². The highest BCUT2D eigenvalue weighted by molar-refractivity contribution is 6.10. The summed E-state index contributed by atoms with van der Waals surface area (Å²) in [5.41, 5.74) is 12.8. The highest BCUT2D eigenvalue weighted by atomic mass is 16.5. The molecule has 0 spiro atoms. The maximum atomic E-state index is 12.6. The molecule has 0 aliphatic heterocycles. The van der Waals surface area contributed by atoms with E-state index in [1.807, 2.05) is 36.4 Å². The first kappa shape index (κ1) is 39.6. The Labute approximate surface area is 282 Å². The number of allylic oxidation sites excluding steroid dienone is 2. The molecule has 0 fully saturated rings. The number of ketones is 2. The van der Waals surface area contributed by atoms with Crippen LogP contribution in [0, 0.1) is 0 Å². The fourth-order valence-electron chi connectivity index (χ4n) is 4.86. The predicted molar refractivity (Wildman–Crippen MR) is 192 cm³/mol. The summed E-state index contributed by atoms with van der Waals surface area (Å²) in [6, 6.07) is 11.0. The largest absolute Gasteiger partial charge is 0.490 e. The van der Waals surface area contributed by atoms with Gasteiger partial charge in [-0.15, -0.1) is 0 Å². The molecule has 0 aromatic heterocycles. The Morgan fingerprint density at radius 2 is 0.915 bits per heavy atom. The summed E-state index contributed by atoms with van der Waals surface area (Å²) < 4.78 is 23.6. The van der Waals surface area contributed by atoms with Crippen LogP contribution >= 0.6 is 0 Å². The first-order chi connectivity index (χ1) is 23.0. The minimum Gasteiger partial charge on any atom is -0.490 e. The Bertz CT molecular complexity index is 1130. The molecule has 0 unspecified atom stereocenters. The number of benzene rings is 2. The van der Waals surface area contributed by atoms with E-state index in [2.05, 4.69) is 13.8 Å². The van der Waals surface area contributed by atoms with Crippen LogP contribution in [0.25, 0.3) is 12.2 Å². The number of carbonyl (C=O) groups excluding carboxylic acids is 2. The second-order valence-electron chi connectivity index (χ2n) is 11.7. The molecule has 0 radical (unpaired) electrons. The molecule has 260 valence electrons. The van der Waals surface area contributed by atoms with Crippen LogP contribution in [0.2, 0.25) is 0 Å². The summed E-state index contributed by atoms with van der Waals surface area (Å²) in [7, 11) is 0. The molecule has 0 amide bonds. The minimum absolute atomic E-state index is 0.231. The van der Waals surface area contributed by atoms with Gasteiger partial charge in [-0.3, -0.25) is 9.59 Å². The fraction of sp³-hybridized carbons (Fsp3) is 0.538. The molecule has 0 bridgehead atoms. The third-order valence-corrected chi connectivity index (χ3v) is 7.47. The van der Waals surface area contributed by atoms with Crippen LogP contribution in [0.15, 0.2) is 48.6 Å². The summed E-state index contributed by atoms with van der Waals surface area (Å²) in [4.78, 5) is 25.2. The van der Waals surface area contributed by atoms with Crippen LogP contribution in [-0.2, 0) is 9.59 Å². The fourth-order valence-corrected chi connectivity index (χ4v) is 4.86. The van der Waals surface area contributed by atoms with Gasteiger partial charge in [-0.05, 0) is 60.4 Å². The molecule has 8 nitrogen and oxygen atoms in total. The van der Waals surface area contributed by atoms with Gasteiger partial charge in [0, 0.05) is 13.1 Å². The summed E-state index contributed by atoms with van der Waals surface area (Å²) >= 11 is 0. The van der Waals surface area contributed by atoms with E-state index in [4.69, 9.17) is 30.4 Å². The maximum Gasteiger partial charge on any atom is 0.163 e. The quantitative estimate of drug-likeness (QED) is 0.0538. The number of rotatable bonds is 28. The van der Waals surface area contributed by atoms with Gasteiger partial charge in [0.05, 0.1) is 19.6 Å². The molecule has 2 rings (SSSR count). The second-order valence-corrected chi connectivity index (χ2v) is 11.7. The van der Waals surface area contributed by atoms with Crippen LogP contribution in [-0.4, -0.2) is 51.1 Å². The van der Waals surface area contributed by atoms with E-state index in [1.165, 1.54) is 63.5 Å². The monoisotopic (exact) mass is 650 g/mol. The average Bonchev–Trinajstić information content (AvgIpc) is 3.08. The van der Waals surface area contributed by atoms with Crippen molar-refractivity contribution in [1.29, 1.82) is 0 Å². The van der Waals surface area contributed by atoms with E-state index in [0.717, 1.165) is 36.8 Å². The van der Waals surface area contributed by atoms with Crippen LogP contribution in [0.5, 0.6) is 23.0 Å². The van der Waals surface area contributed by atoms with Crippen LogP contribution in [0.1, 0.15) is 108 Å². The van der Waals surface area contributed by atoms with E-state index < -0.39 is 0 Å². The molecule has 47 heavy (non-hydrogen) atoms.